The third kappa shape index (κ3) is 10.0. The fourth-order valence-corrected chi connectivity index (χ4v) is 3.83. The van der Waals surface area contributed by atoms with Crippen LogP contribution < -0.4 is 4.57 Å². The van der Waals surface area contributed by atoms with Gasteiger partial charge in [-0.05, 0) is 29.7 Å². The second-order valence-corrected chi connectivity index (χ2v) is 8.16. The minimum atomic E-state index is 1.13. The highest BCUT2D eigenvalue weighted by Crippen LogP contribution is 2.16. The lowest BCUT2D eigenvalue weighted by atomic mass is 10.0. The molecule has 0 fully saturated rings. The number of hydrogen-bond donors (Lipinski definition) is 0. The van der Waals surface area contributed by atoms with Gasteiger partial charge >= 0.3 is 0 Å². The molecule has 0 radical (unpaired) electrons. The molecule has 154 valence electrons. The first kappa shape index (κ1) is 22.6. The third-order valence-electron chi connectivity index (χ3n) is 5.67. The van der Waals surface area contributed by atoms with Crippen LogP contribution in [0.5, 0.6) is 0 Å². The van der Waals surface area contributed by atoms with E-state index in [1.165, 1.54) is 101 Å². The van der Waals surface area contributed by atoms with Crippen LogP contribution in [0.2, 0.25) is 0 Å². The van der Waals surface area contributed by atoms with Crippen LogP contribution in [0.3, 0.4) is 0 Å². The predicted octanol–water partition coefficient (Wildman–Crippen LogP) is 7.52. The Morgan fingerprint density at radius 1 is 0.571 bits per heavy atom. The van der Waals surface area contributed by atoms with Crippen molar-refractivity contribution >= 4 is 0 Å². The minimum absolute atomic E-state index is 1.13. The molecule has 0 saturated heterocycles. The topological polar surface area (TPSA) is 16.8 Å². The van der Waals surface area contributed by atoms with E-state index >= 15 is 0 Å². The summed E-state index contributed by atoms with van der Waals surface area (Å²) in [6, 6.07) is 8.54. The lowest BCUT2D eigenvalue weighted by Crippen LogP contribution is -2.32. The van der Waals surface area contributed by atoms with Gasteiger partial charge in [0.05, 0.1) is 0 Å². The van der Waals surface area contributed by atoms with Crippen LogP contribution in [-0.4, -0.2) is 4.98 Å². The number of hydrogen-bond acceptors (Lipinski definition) is 1. The molecule has 0 unspecified atom stereocenters. The molecule has 0 aliphatic carbocycles. The number of unbranched alkanes of at least 4 members (excludes halogenated alkanes) is 13. The average Bonchev–Trinajstić information content (AvgIpc) is 2.75. The van der Waals surface area contributed by atoms with Gasteiger partial charge in [0, 0.05) is 30.9 Å². The number of nitrogens with zero attached hydrogens (tertiary/aromatic N) is 2. The van der Waals surface area contributed by atoms with E-state index in [0.29, 0.717) is 0 Å². The van der Waals surface area contributed by atoms with Gasteiger partial charge in [-0.15, -0.1) is 0 Å². The lowest BCUT2D eigenvalue weighted by molar-refractivity contribution is -0.697. The zero-order valence-corrected chi connectivity index (χ0v) is 18.1. The Morgan fingerprint density at radius 2 is 1.00 bits per heavy atom. The highest BCUT2D eigenvalue weighted by Gasteiger charge is 2.03. The van der Waals surface area contributed by atoms with Crippen LogP contribution in [0.15, 0.2) is 49.1 Å². The van der Waals surface area contributed by atoms with E-state index < -0.39 is 0 Å². The van der Waals surface area contributed by atoms with Crippen molar-refractivity contribution < 1.29 is 4.57 Å². The summed E-state index contributed by atoms with van der Waals surface area (Å²) in [6.07, 6.45) is 28.0. The Labute approximate surface area is 173 Å². The van der Waals surface area contributed by atoms with Gasteiger partial charge in [-0.25, -0.2) is 4.57 Å². The van der Waals surface area contributed by atoms with Crippen LogP contribution >= 0.6 is 0 Å². The minimum Gasteiger partial charge on any atom is -0.265 e. The standard InChI is InChI=1S/C26H41N2/c1-2-3-4-5-6-7-8-9-10-11-12-13-14-15-22-28-23-18-26(19-24-28)25-16-20-27-21-17-25/h16-21,23-24H,2-15,22H2,1H3/q+1. The molecule has 0 spiro atoms. The number of pyridine rings is 2. The van der Waals surface area contributed by atoms with Crippen LogP contribution in [0.25, 0.3) is 11.1 Å². The molecule has 28 heavy (non-hydrogen) atoms. The van der Waals surface area contributed by atoms with E-state index in [9.17, 15) is 0 Å². The molecule has 0 saturated carbocycles. The van der Waals surface area contributed by atoms with Crippen LogP contribution in [0.1, 0.15) is 96.8 Å². The molecule has 2 aromatic rings. The maximum atomic E-state index is 4.09. The van der Waals surface area contributed by atoms with E-state index in [1.54, 1.807) is 0 Å². The third-order valence-corrected chi connectivity index (χ3v) is 5.67. The maximum Gasteiger partial charge on any atom is 0.169 e. The Morgan fingerprint density at radius 3 is 1.50 bits per heavy atom. The number of rotatable bonds is 16. The first-order chi connectivity index (χ1) is 13.9. The quantitative estimate of drug-likeness (QED) is 0.217. The van der Waals surface area contributed by atoms with Gasteiger partial charge in [0.2, 0.25) is 0 Å². The van der Waals surface area contributed by atoms with Crippen molar-refractivity contribution in [1.82, 2.24) is 4.98 Å². The molecule has 0 aliphatic heterocycles. The van der Waals surface area contributed by atoms with Crippen molar-refractivity contribution in [3.8, 4) is 11.1 Å². The number of aryl methyl sites for hydroxylation is 1. The fraction of sp³-hybridized carbons (Fsp3) is 0.615. The van der Waals surface area contributed by atoms with Crippen LogP contribution in [0.4, 0.5) is 0 Å². The van der Waals surface area contributed by atoms with Gasteiger partial charge in [0.25, 0.3) is 0 Å². The van der Waals surface area contributed by atoms with E-state index in [1.807, 2.05) is 12.4 Å². The molecular weight excluding hydrogens is 340 g/mol. The fourth-order valence-electron chi connectivity index (χ4n) is 3.83. The number of aromatic nitrogens is 2. The summed E-state index contributed by atoms with van der Waals surface area (Å²) in [7, 11) is 0. The highest BCUT2D eigenvalue weighted by atomic mass is 14.9. The summed E-state index contributed by atoms with van der Waals surface area (Å²) >= 11 is 0. The van der Waals surface area contributed by atoms with Crippen molar-refractivity contribution in [2.24, 2.45) is 0 Å². The van der Waals surface area contributed by atoms with Crippen molar-refractivity contribution in [3.05, 3.63) is 49.1 Å². The molecule has 2 heteroatoms. The summed E-state index contributed by atoms with van der Waals surface area (Å²) in [6.45, 7) is 3.43. The zero-order valence-electron chi connectivity index (χ0n) is 18.1. The Balaban J connectivity index is 1.41. The highest BCUT2D eigenvalue weighted by molar-refractivity contribution is 5.61. The molecule has 2 heterocycles. The summed E-state index contributed by atoms with van der Waals surface area (Å²) in [5.41, 5.74) is 2.50. The van der Waals surface area contributed by atoms with Gasteiger partial charge in [-0.3, -0.25) is 4.98 Å². The molecule has 0 aromatic carbocycles. The smallest absolute Gasteiger partial charge is 0.169 e. The van der Waals surface area contributed by atoms with Gasteiger partial charge < -0.3 is 0 Å². The molecule has 0 atom stereocenters. The van der Waals surface area contributed by atoms with Crippen LogP contribution in [-0.2, 0) is 6.54 Å². The first-order valence-corrected chi connectivity index (χ1v) is 11.8. The normalized spacial score (nSPS) is 11.0. The summed E-state index contributed by atoms with van der Waals surface area (Å²) in [5.74, 6) is 0. The second kappa shape index (κ2) is 15.2. The zero-order chi connectivity index (χ0) is 19.7. The van der Waals surface area contributed by atoms with Gasteiger partial charge in [-0.2, -0.15) is 0 Å². The van der Waals surface area contributed by atoms with E-state index in [2.05, 4.69) is 53.1 Å². The maximum absolute atomic E-state index is 4.09. The molecule has 0 N–H and O–H groups in total. The van der Waals surface area contributed by atoms with Gasteiger partial charge in [-0.1, -0.05) is 84.0 Å². The summed E-state index contributed by atoms with van der Waals surface area (Å²) in [5, 5.41) is 0. The SMILES string of the molecule is CCCCCCCCCCCCCCCC[n+]1ccc(-c2ccncc2)cc1. The van der Waals surface area contributed by atoms with E-state index in [-0.39, 0.29) is 0 Å². The molecule has 2 rings (SSSR count). The first-order valence-electron chi connectivity index (χ1n) is 11.8. The van der Waals surface area contributed by atoms with Gasteiger partial charge in [0.15, 0.2) is 12.4 Å². The van der Waals surface area contributed by atoms with E-state index in [0.717, 1.165) is 6.54 Å². The van der Waals surface area contributed by atoms with Crippen molar-refractivity contribution in [3.63, 3.8) is 0 Å². The second-order valence-electron chi connectivity index (χ2n) is 8.16. The molecular formula is C26H41N2+. The van der Waals surface area contributed by atoms with Crippen molar-refractivity contribution in [2.45, 2.75) is 103 Å². The lowest BCUT2D eigenvalue weighted by Gasteiger charge is -2.03. The average molecular weight is 382 g/mol. The van der Waals surface area contributed by atoms with Gasteiger partial charge in [0.1, 0.15) is 6.54 Å². The Hall–Kier alpha value is -1.70. The molecule has 0 amide bonds. The van der Waals surface area contributed by atoms with Crippen LogP contribution in [0, 0.1) is 0 Å². The Bertz CT molecular complexity index is 592. The molecule has 0 bridgehead atoms. The summed E-state index contributed by atoms with van der Waals surface area (Å²) in [4.78, 5) is 4.09. The predicted molar refractivity (Wildman–Crippen MR) is 120 cm³/mol. The Kier molecular flexibility index (Phi) is 12.3. The summed E-state index contributed by atoms with van der Waals surface area (Å²) < 4.78 is 2.31. The monoisotopic (exact) mass is 381 g/mol. The molecule has 0 aliphatic rings. The van der Waals surface area contributed by atoms with Crippen molar-refractivity contribution in [2.75, 3.05) is 0 Å². The molecule has 2 nitrogen and oxygen atoms in total. The van der Waals surface area contributed by atoms with Crippen molar-refractivity contribution in [1.29, 1.82) is 0 Å². The van der Waals surface area contributed by atoms with E-state index in [4.69, 9.17) is 0 Å². The molecule has 2 aromatic heterocycles. The largest absolute Gasteiger partial charge is 0.265 e.